The Balaban J connectivity index is 1.55. The molecule has 0 bridgehead atoms. The fourth-order valence-electron chi connectivity index (χ4n) is 3.06. The monoisotopic (exact) mass is 343 g/mol. The van der Waals surface area contributed by atoms with Crippen molar-refractivity contribution in [3.05, 3.63) is 41.6 Å². The van der Waals surface area contributed by atoms with Crippen molar-refractivity contribution in [2.75, 3.05) is 11.9 Å². The van der Waals surface area contributed by atoms with Gasteiger partial charge in [-0.05, 0) is 56.3 Å². The van der Waals surface area contributed by atoms with Crippen molar-refractivity contribution >= 4 is 17.6 Å². The SMILES string of the molecule is O=C(O)C(Cc1ccc(NC=C2CCC2)cc1)NC(=O)C1CCCN1. The van der Waals surface area contributed by atoms with Crippen molar-refractivity contribution in [3.8, 4) is 0 Å². The minimum Gasteiger partial charge on any atom is -0.480 e. The largest absolute Gasteiger partial charge is 0.480 e. The van der Waals surface area contributed by atoms with Gasteiger partial charge < -0.3 is 21.1 Å². The van der Waals surface area contributed by atoms with Crippen molar-refractivity contribution in [2.45, 2.75) is 50.6 Å². The summed E-state index contributed by atoms with van der Waals surface area (Å²) in [4.78, 5) is 23.6. The van der Waals surface area contributed by atoms with E-state index in [-0.39, 0.29) is 18.4 Å². The molecule has 1 aliphatic carbocycles. The van der Waals surface area contributed by atoms with Gasteiger partial charge in [-0.3, -0.25) is 4.79 Å². The summed E-state index contributed by atoms with van der Waals surface area (Å²) in [5.41, 5.74) is 3.29. The second-order valence-electron chi connectivity index (χ2n) is 6.75. The van der Waals surface area contributed by atoms with Crippen LogP contribution in [0.1, 0.15) is 37.7 Å². The van der Waals surface area contributed by atoms with E-state index in [0.29, 0.717) is 0 Å². The molecule has 0 spiro atoms. The fourth-order valence-corrected chi connectivity index (χ4v) is 3.06. The van der Waals surface area contributed by atoms with Crippen LogP contribution in [-0.2, 0) is 16.0 Å². The van der Waals surface area contributed by atoms with Gasteiger partial charge in [0.05, 0.1) is 6.04 Å². The van der Waals surface area contributed by atoms with Gasteiger partial charge in [0.1, 0.15) is 6.04 Å². The molecule has 1 saturated carbocycles. The van der Waals surface area contributed by atoms with Gasteiger partial charge in [0.25, 0.3) is 0 Å². The standard InChI is InChI=1S/C19H25N3O3/c23-18(16-5-2-10-20-16)22-17(19(24)25)11-13-6-8-15(9-7-13)21-12-14-3-1-4-14/h6-9,12,16-17,20-21H,1-5,10-11H2,(H,22,23)(H,24,25). The number of carboxylic acids is 1. The number of carbonyl (C=O) groups excluding carboxylic acids is 1. The highest BCUT2D eigenvalue weighted by Crippen LogP contribution is 2.25. The lowest BCUT2D eigenvalue weighted by atomic mass is 9.93. The van der Waals surface area contributed by atoms with Crippen LogP contribution in [0.3, 0.4) is 0 Å². The number of hydrogen-bond donors (Lipinski definition) is 4. The molecule has 2 fully saturated rings. The Morgan fingerprint density at radius 3 is 2.56 bits per heavy atom. The lowest BCUT2D eigenvalue weighted by Gasteiger charge is -2.18. The third kappa shape index (κ3) is 4.82. The molecular weight excluding hydrogens is 318 g/mol. The van der Waals surface area contributed by atoms with Crippen molar-refractivity contribution in [2.24, 2.45) is 0 Å². The lowest BCUT2D eigenvalue weighted by molar-refractivity contribution is -0.142. The first-order valence-electron chi connectivity index (χ1n) is 8.92. The number of carbonyl (C=O) groups is 2. The molecule has 134 valence electrons. The highest BCUT2D eigenvalue weighted by Gasteiger charge is 2.27. The van der Waals surface area contributed by atoms with Gasteiger partial charge in [-0.15, -0.1) is 0 Å². The predicted octanol–water partition coefficient (Wildman–Crippen LogP) is 2.03. The van der Waals surface area contributed by atoms with Crippen LogP contribution in [0.2, 0.25) is 0 Å². The van der Waals surface area contributed by atoms with Crippen LogP contribution in [-0.4, -0.2) is 35.6 Å². The summed E-state index contributed by atoms with van der Waals surface area (Å²) in [6.07, 6.45) is 7.63. The first-order chi connectivity index (χ1) is 12.1. The van der Waals surface area contributed by atoms with E-state index >= 15 is 0 Å². The molecular formula is C19H25N3O3. The van der Waals surface area contributed by atoms with Gasteiger partial charge in [0.15, 0.2) is 0 Å². The number of hydrogen-bond acceptors (Lipinski definition) is 4. The number of amides is 1. The zero-order chi connectivity index (χ0) is 17.6. The van der Waals surface area contributed by atoms with Gasteiger partial charge in [-0.2, -0.15) is 0 Å². The summed E-state index contributed by atoms with van der Waals surface area (Å²) in [7, 11) is 0. The fraction of sp³-hybridized carbons (Fsp3) is 0.474. The van der Waals surface area contributed by atoms with Crippen LogP contribution in [0.4, 0.5) is 5.69 Å². The van der Waals surface area contributed by atoms with E-state index in [4.69, 9.17) is 0 Å². The van der Waals surface area contributed by atoms with Crippen molar-refractivity contribution in [1.82, 2.24) is 10.6 Å². The van der Waals surface area contributed by atoms with Crippen molar-refractivity contribution in [3.63, 3.8) is 0 Å². The zero-order valence-electron chi connectivity index (χ0n) is 14.3. The second-order valence-corrected chi connectivity index (χ2v) is 6.75. The van der Waals surface area contributed by atoms with Crippen LogP contribution < -0.4 is 16.0 Å². The van der Waals surface area contributed by atoms with Crippen molar-refractivity contribution in [1.29, 1.82) is 0 Å². The van der Waals surface area contributed by atoms with E-state index in [1.54, 1.807) is 0 Å². The number of carboxylic acid groups (broad SMARTS) is 1. The van der Waals surface area contributed by atoms with Crippen LogP contribution >= 0.6 is 0 Å². The third-order valence-corrected chi connectivity index (χ3v) is 4.82. The van der Waals surface area contributed by atoms with Crippen LogP contribution in [0, 0.1) is 0 Å². The topological polar surface area (TPSA) is 90.5 Å². The normalized spacial score (nSPS) is 20.5. The van der Waals surface area contributed by atoms with E-state index in [2.05, 4.69) is 16.0 Å². The summed E-state index contributed by atoms with van der Waals surface area (Å²) in [6.45, 7) is 0.806. The van der Waals surface area contributed by atoms with Gasteiger partial charge in [0, 0.05) is 18.3 Å². The first-order valence-corrected chi connectivity index (χ1v) is 8.92. The molecule has 2 atom stereocenters. The number of aliphatic carboxylic acids is 1. The molecule has 3 rings (SSSR count). The predicted molar refractivity (Wildman–Crippen MR) is 96.3 cm³/mol. The molecule has 25 heavy (non-hydrogen) atoms. The molecule has 6 nitrogen and oxygen atoms in total. The Morgan fingerprint density at radius 2 is 2.00 bits per heavy atom. The molecule has 2 aliphatic rings. The minimum atomic E-state index is -1.01. The summed E-state index contributed by atoms with van der Waals surface area (Å²) < 4.78 is 0. The summed E-state index contributed by atoms with van der Waals surface area (Å²) in [5, 5.41) is 18.4. The Kier molecular flexibility index (Phi) is 5.71. The van der Waals surface area contributed by atoms with Gasteiger partial charge >= 0.3 is 5.97 Å². The van der Waals surface area contributed by atoms with E-state index in [1.165, 1.54) is 24.8 Å². The maximum absolute atomic E-state index is 12.1. The lowest BCUT2D eigenvalue weighted by Crippen LogP contribution is -2.49. The maximum atomic E-state index is 12.1. The summed E-state index contributed by atoms with van der Waals surface area (Å²) in [6, 6.07) is 6.49. The number of rotatable bonds is 7. The van der Waals surface area contributed by atoms with Crippen LogP contribution in [0.25, 0.3) is 0 Å². The molecule has 0 aromatic heterocycles. The van der Waals surface area contributed by atoms with Gasteiger partial charge in [-0.1, -0.05) is 17.7 Å². The molecule has 6 heteroatoms. The molecule has 2 unspecified atom stereocenters. The Bertz CT molecular complexity index is 642. The van der Waals surface area contributed by atoms with Gasteiger partial charge in [0.2, 0.25) is 5.91 Å². The molecule has 1 heterocycles. The zero-order valence-corrected chi connectivity index (χ0v) is 14.3. The number of benzene rings is 1. The highest BCUT2D eigenvalue weighted by atomic mass is 16.4. The van der Waals surface area contributed by atoms with Gasteiger partial charge in [-0.25, -0.2) is 4.79 Å². The molecule has 4 N–H and O–H groups in total. The van der Waals surface area contributed by atoms with Crippen LogP contribution in [0.15, 0.2) is 36.0 Å². The van der Waals surface area contributed by atoms with E-state index in [9.17, 15) is 14.7 Å². The van der Waals surface area contributed by atoms with E-state index in [0.717, 1.165) is 30.6 Å². The number of allylic oxidation sites excluding steroid dienone is 1. The average molecular weight is 343 g/mol. The molecule has 0 radical (unpaired) electrons. The third-order valence-electron chi connectivity index (χ3n) is 4.82. The Labute approximate surface area is 147 Å². The summed E-state index contributed by atoms with van der Waals surface area (Å²) in [5.74, 6) is -1.24. The Morgan fingerprint density at radius 1 is 1.24 bits per heavy atom. The Hall–Kier alpha value is -2.34. The highest BCUT2D eigenvalue weighted by molar-refractivity contribution is 5.87. The minimum absolute atomic E-state index is 0.227. The molecule has 1 aromatic rings. The van der Waals surface area contributed by atoms with E-state index < -0.39 is 12.0 Å². The van der Waals surface area contributed by atoms with E-state index in [1.807, 2.05) is 30.5 Å². The summed E-state index contributed by atoms with van der Waals surface area (Å²) >= 11 is 0. The molecule has 1 amide bonds. The molecule has 1 aliphatic heterocycles. The molecule has 1 aromatic carbocycles. The molecule has 1 saturated heterocycles. The van der Waals surface area contributed by atoms with Crippen molar-refractivity contribution < 1.29 is 14.7 Å². The first kappa shape index (κ1) is 17.5. The quantitative estimate of drug-likeness (QED) is 0.608. The number of nitrogens with one attached hydrogen (secondary N) is 3. The second kappa shape index (κ2) is 8.16. The van der Waals surface area contributed by atoms with Crippen LogP contribution in [0.5, 0.6) is 0 Å². The number of anilines is 1. The maximum Gasteiger partial charge on any atom is 0.326 e. The smallest absolute Gasteiger partial charge is 0.326 e. The average Bonchev–Trinajstić information content (AvgIpc) is 3.08.